The molecule has 1 saturated heterocycles. The largest absolute Gasteiger partial charge is 0.381 e. The molecule has 0 unspecified atom stereocenters. The first-order valence-corrected chi connectivity index (χ1v) is 13.0. The second-order valence-electron chi connectivity index (χ2n) is 10.2. The van der Waals surface area contributed by atoms with Gasteiger partial charge in [-0.2, -0.15) is 10.1 Å². The Balaban J connectivity index is 1.29. The first kappa shape index (κ1) is 22.9. The van der Waals surface area contributed by atoms with Crippen LogP contribution in [0.15, 0.2) is 41.5 Å². The van der Waals surface area contributed by atoms with Crippen molar-refractivity contribution in [3.05, 3.63) is 52.7 Å². The number of H-pyrrole nitrogens is 1. The van der Waals surface area contributed by atoms with Gasteiger partial charge in [-0.05, 0) is 37.8 Å². The third-order valence-electron chi connectivity index (χ3n) is 7.59. The number of hydrogen-bond donors (Lipinski definition) is 3. The maximum Gasteiger partial charge on any atom is 0.261 e. The molecule has 0 spiro atoms. The van der Waals surface area contributed by atoms with E-state index >= 15 is 0 Å². The number of anilines is 4. The van der Waals surface area contributed by atoms with Crippen LogP contribution in [0.3, 0.4) is 0 Å². The molecule has 1 aliphatic carbocycles. The van der Waals surface area contributed by atoms with E-state index in [0.29, 0.717) is 29.3 Å². The molecule has 4 aromatic rings. The third kappa shape index (κ3) is 3.90. The number of carbonyl (C=O) groups excluding carboxylic acids is 1. The second kappa shape index (κ2) is 8.95. The molecule has 0 atom stereocenters. The summed E-state index contributed by atoms with van der Waals surface area (Å²) >= 11 is 0. The maximum atomic E-state index is 12.8. The minimum Gasteiger partial charge on any atom is -0.381 e. The Kier molecular flexibility index (Phi) is 5.39. The molecule has 11 nitrogen and oxygen atoms in total. The van der Waals surface area contributed by atoms with E-state index in [4.69, 9.17) is 9.84 Å². The number of amides is 1. The highest BCUT2D eigenvalue weighted by Crippen LogP contribution is 2.44. The number of pyridine rings is 1. The van der Waals surface area contributed by atoms with Crippen molar-refractivity contribution in [1.29, 1.82) is 0 Å². The van der Waals surface area contributed by atoms with Crippen LogP contribution in [0.4, 0.5) is 23.1 Å². The van der Waals surface area contributed by atoms with Gasteiger partial charge in [0, 0.05) is 43.5 Å². The Morgan fingerprint density at radius 2 is 1.95 bits per heavy atom. The highest BCUT2D eigenvalue weighted by atomic mass is 16.5. The first-order valence-electron chi connectivity index (χ1n) is 13.0. The highest BCUT2D eigenvalue weighted by molar-refractivity contribution is 5.98. The molecular formula is C27H28N8O3. The number of benzene rings is 1. The summed E-state index contributed by atoms with van der Waals surface area (Å²) < 4.78 is 7.73. The number of carbonyl (C=O) groups is 1. The minimum absolute atomic E-state index is 0.0101. The van der Waals surface area contributed by atoms with Crippen molar-refractivity contribution in [2.75, 3.05) is 35.8 Å². The lowest BCUT2D eigenvalue weighted by atomic mass is 9.97. The van der Waals surface area contributed by atoms with E-state index in [1.54, 1.807) is 12.3 Å². The van der Waals surface area contributed by atoms with Gasteiger partial charge in [0.1, 0.15) is 11.2 Å². The summed E-state index contributed by atoms with van der Waals surface area (Å²) in [5, 5.41) is 11.3. The Hall–Kier alpha value is -4.25. The van der Waals surface area contributed by atoms with E-state index in [1.807, 2.05) is 18.3 Å². The minimum atomic E-state index is -0.303. The Labute approximate surface area is 218 Å². The summed E-state index contributed by atoms with van der Waals surface area (Å²) in [5.41, 5.74) is 5.31. The topological polar surface area (TPSA) is 130 Å². The fourth-order valence-corrected chi connectivity index (χ4v) is 5.51. The van der Waals surface area contributed by atoms with Crippen molar-refractivity contribution in [3.8, 4) is 11.1 Å². The third-order valence-corrected chi connectivity index (χ3v) is 7.59. The molecule has 3 aliphatic rings. The number of rotatable bonds is 5. The van der Waals surface area contributed by atoms with Gasteiger partial charge in [-0.1, -0.05) is 12.1 Å². The van der Waals surface area contributed by atoms with Crippen LogP contribution >= 0.6 is 0 Å². The van der Waals surface area contributed by atoms with Gasteiger partial charge in [0.2, 0.25) is 11.9 Å². The lowest BCUT2D eigenvalue weighted by Crippen LogP contribution is -2.28. The van der Waals surface area contributed by atoms with Crippen molar-refractivity contribution >= 4 is 40.0 Å². The normalized spacial score (nSPS) is 17.2. The molecule has 1 aromatic carbocycles. The molecule has 0 bridgehead atoms. The average Bonchev–Trinajstić information content (AvgIpc) is 3.69. The van der Waals surface area contributed by atoms with Crippen molar-refractivity contribution in [2.45, 2.75) is 38.3 Å². The van der Waals surface area contributed by atoms with Crippen LogP contribution in [0.25, 0.3) is 22.0 Å². The molecule has 2 aliphatic heterocycles. The lowest BCUT2D eigenvalue weighted by molar-refractivity contribution is -0.117. The van der Waals surface area contributed by atoms with Crippen LogP contribution in [0, 0.1) is 5.92 Å². The average molecular weight is 513 g/mol. The van der Waals surface area contributed by atoms with E-state index in [1.165, 1.54) is 5.69 Å². The van der Waals surface area contributed by atoms with Gasteiger partial charge in [-0.3, -0.25) is 19.6 Å². The summed E-state index contributed by atoms with van der Waals surface area (Å²) in [6.07, 6.45) is 7.17. The second-order valence-corrected chi connectivity index (χ2v) is 10.2. The van der Waals surface area contributed by atoms with Crippen LogP contribution in [0.5, 0.6) is 0 Å². The van der Waals surface area contributed by atoms with Gasteiger partial charge in [0.25, 0.3) is 5.56 Å². The number of nitrogens with one attached hydrogen (secondary N) is 3. The molecule has 38 heavy (non-hydrogen) atoms. The van der Waals surface area contributed by atoms with Crippen LogP contribution < -0.4 is 21.1 Å². The molecule has 11 heteroatoms. The van der Waals surface area contributed by atoms with Crippen LogP contribution in [-0.4, -0.2) is 50.9 Å². The first-order chi connectivity index (χ1) is 18.6. The van der Waals surface area contributed by atoms with Gasteiger partial charge in [-0.25, -0.2) is 4.98 Å². The molecule has 1 saturated carbocycles. The maximum absolute atomic E-state index is 12.8. The molecule has 2 fully saturated rings. The van der Waals surface area contributed by atoms with E-state index in [0.717, 1.165) is 61.4 Å². The molecule has 194 valence electrons. The zero-order valence-electron chi connectivity index (χ0n) is 21.0. The van der Waals surface area contributed by atoms with E-state index < -0.39 is 0 Å². The number of para-hydroxylation sites is 1. The lowest BCUT2D eigenvalue weighted by Gasteiger charge is -2.32. The van der Waals surface area contributed by atoms with Crippen molar-refractivity contribution in [2.24, 2.45) is 5.92 Å². The summed E-state index contributed by atoms with van der Waals surface area (Å²) in [5.74, 6) is 0.441. The Bertz CT molecular complexity index is 1620. The smallest absolute Gasteiger partial charge is 0.261 e. The number of hydrogen-bond acceptors (Lipinski definition) is 8. The molecule has 0 radical (unpaired) electrons. The Morgan fingerprint density at radius 3 is 2.76 bits per heavy atom. The molecule has 3 N–H and O–H groups in total. The highest BCUT2D eigenvalue weighted by Gasteiger charge is 2.31. The predicted molar refractivity (Wildman–Crippen MR) is 144 cm³/mol. The van der Waals surface area contributed by atoms with Gasteiger partial charge >= 0.3 is 0 Å². The van der Waals surface area contributed by atoms with Gasteiger partial charge in [-0.15, -0.1) is 0 Å². The Morgan fingerprint density at radius 1 is 1.11 bits per heavy atom. The molecule has 3 aromatic heterocycles. The van der Waals surface area contributed by atoms with Crippen LogP contribution in [0.1, 0.15) is 37.4 Å². The quantitative estimate of drug-likeness (QED) is 0.370. The van der Waals surface area contributed by atoms with Crippen LogP contribution in [-0.2, 0) is 16.1 Å². The summed E-state index contributed by atoms with van der Waals surface area (Å²) in [4.78, 5) is 39.1. The molecule has 5 heterocycles. The van der Waals surface area contributed by atoms with Crippen molar-refractivity contribution in [1.82, 2.24) is 24.7 Å². The number of aromatic nitrogens is 5. The van der Waals surface area contributed by atoms with Crippen molar-refractivity contribution in [3.63, 3.8) is 0 Å². The molecular weight excluding hydrogens is 484 g/mol. The summed E-state index contributed by atoms with van der Waals surface area (Å²) in [6.45, 7) is 2.22. The van der Waals surface area contributed by atoms with E-state index in [2.05, 4.69) is 48.3 Å². The summed E-state index contributed by atoms with van der Waals surface area (Å²) in [7, 11) is 2.06. The van der Waals surface area contributed by atoms with E-state index in [-0.39, 0.29) is 23.3 Å². The number of ether oxygens (including phenoxy) is 1. The fourth-order valence-electron chi connectivity index (χ4n) is 5.51. The summed E-state index contributed by atoms with van der Waals surface area (Å²) in [6, 6.07) is 8.10. The van der Waals surface area contributed by atoms with Gasteiger partial charge in [0.05, 0.1) is 41.4 Å². The van der Waals surface area contributed by atoms with Crippen LogP contribution in [0.2, 0.25) is 0 Å². The zero-order chi connectivity index (χ0) is 25.8. The molecule has 1 amide bonds. The van der Waals surface area contributed by atoms with Gasteiger partial charge < -0.3 is 19.9 Å². The number of nitrogens with zero attached hydrogens (tertiary/aromatic N) is 5. The molecule has 7 rings (SSSR count). The van der Waals surface area contributed by atoms with Crippen molar-refractivity contribution < 1.29 is 9.53 Å². The standard InChI is InChI=1S/C27H28N8O3/c1-34-14-21-18(13-29-35(21)16-8-11-38-12-9-16)17-3-2-4-20(23(17)34)30-24-22-19(7-10-28-26(22)37)31-27(32-24)33-25(36)15-5-6-15/h2-4,7,10,13,15-16H,5-6,8-9,11-12,14H2,1H3,(H,28,37)(H2,30,31,32,33,36). The number of aromatic amines is 1. The SMILES string of the molecule is CN1Cc2c(cnn2C2CCOCC2)-c2cccc(Nc3nc(NC(=O)C4CC4)nc4cc[nH]c(=O)c34)c21. The predicted octanol–water partition coefficient (Wildman–Crippen LogP) is 3.58. The monoisotopic (exact) mass is 512 g/mol. The zero-order valence-corrected chi connectivity index (χ0v) is 21.0. The number of fused-ring (bicyclic) bond motifs is 4. The van der Waals surface area contributed by atoms with E-state index in [9.17, 15) is 9.59 Å². The van der Waals surface area contributed by atoms with Gasteiger partial charge in [0.15, 0.2) is 0 Å². The fraction of sp³-hybridized carbons (Fsp3) is 0.370.